The largest absolute Gasteiger partial charge is 0.371 e. The van der Waals surface area contributed by atoms with Crippen LogP contribution in [0.1, 0.15) is 28.7 Å². The number of benzene rings is 2. The van der Waals surface area contributed by atoms with Gasteiger partial charge in [0.15, 0.2) is 6.23 Å². The van der Waals surface area contributed by atoms with Crippen molar-refractivity contribution in [2.75, 3.05) is 0 Å². The average Bonchev–Trinajstić information content (AvgIpc) is 2.90. The molecule has 0 saturated heterocycles. The third-order valence-corrected chi connectivity index (χ3v) is 4.27. The molecule has 4 nitrogen and oxygen atoms in total. The molecule has 3 rings (SSSR count). The molecule has 1 unspecified atom stereocenters. The van der Waals surface area contributed by atoms with Crippen molar-refractivity contribution in [3.05, 3.63) is 83.2 Å². The first-order valence-corrected chi connectivity index (χ1v) is 8.00. The third-order valence-electron chi connectivity index (χ3n) is 4.27. The second kappa shape index (κ2) is 7.01. The minimum Gasteiger partial charge on any atom is -0.371 e. The summed E-state index contributed by atoms with van der Waals surface area (Å²) < 4.78 is 0. The number of rotatable bonds is 5. The van der Waals surface area contributed by atoms with E-state index < -0.39 is 6.23 Å². The molecule has 4 heteroatoms. The van der Waals surface area contributed by atoms with Crippen LogP contribution in [0.5, 0.6) is 0 Å². The van der Waals surface area contributed by atoms with Gasteiger partial charge >= 0.3 is 0 Å². The second-order valence-electron chi connectivity index (χ2n) is 5.99. The van der Waals surface area contributed by atoms with Crippen LogP contribution in [0, 0.1) is 13.8 Å². The number of hydrogen-bond acceptors (Lipinski definition) is 3. The Hall–Kier alpha value is -2.40. The van der Waals surface area contributed by atoms with Gasteiger partial charge in [-0.2, -0.15) is 5.06 Å². The summed E-state index contributed by atoms with van der Waals surface area (Å²) in [5.74, 6) is 0. The van der Waals surface area contributed by atoms with Crippen LogP contribution in [-0.2, 0) is 6.54 Å². The number of nitrogens with one attached hydrogen (secondary N) is 1. The van der Waals surface area contributed by atoms with E-state index in [1.807, 2.05) is 74.5 Å². The van der Waals surface area contributed by atoms with Gasteiger partial charge in [0.1, 0.15) is 0 Å². The van der Waals surface area contributed by atoms with Crippen LogP contribution in [0.25, 0.3) is 11.1 Å². The highest BCUT2D eigenvalue weighted by atomic mass is 16.5. The Balaban J connectivity index is 1.87. The van der Waals surface area contributed by atoms with Gasteiger partial charge in [-0.05, 0) is 30.5 Å². The number of aliphatic hydroxyl groups is 1. The van der Waals surface area contributed by atoms with Crippen LogP contribution in [0.2, 0.25) is 0 Å². The number of aryl methyl sites for hydroxylation is 1. The lowest BCUT2D eigenvalue weighted by atomic mass is 10.0. The summed E-state index contributed by atoms with van der Waals surface area (Å²) in [5, 5.41) is 21.8. The van der Waals surface area contributed by atoms with Crippen molar-refractivity contribution in [1.82, 2.24) is 10.0 Å². The number of nitrogens with zero attached hydrogens (tertiary/aromatic N) is 1. The Morgan fingerprint density at radius 1 is 0.958 bits per heavy atom. The van der Waals surface area contributed by atoms with Gasteiger partial charge in [-0.3, -0.25) is 0 Å². The molecular weight excluding hydrogens is 300 g/mol. The van der Waals surface area contributed by atoms with Gasteiger partial charge in [-0.1, -0.05) is 60.7 Å². The van der Waals surface area contributed by atoms with Crippen LogP contribution in [-0.4, -0.2) is 20.4 Å². The van der Waals surface area contributed by atoms with Gasteiger partial charge in [-0.15, -0.1) is 0 Å². The highest BCUT2D eigenvalue weighted by molar-refractivity contribution is 5.71. The summed E-state index contributed by atoms with van der Waals surface area (Å²) in [5.41, 5.74) is 5.62. The molecule has 0 radical (unpaired) electrons. The monoisotopic (exact) mass is 322 g/mol. The Morgan fingerprint density at radius 3 is 2.17 bits per heavy atom. The van der Waals surface area contributed by atoms with Gasteiger partial charge in [0.25, 0.3) is 0 Å². The maximum atomic E-state index is 10.6. The fourth-order valence-corrected chi connectivity index (χ4v) is 3.08. The second-order valence-corrected chi connectivity index (χ2v) is 5.99. The number of hydroxylamine groups is 2. The predicted molar refractivity (Wildman–Crippen MR) is 94.4 cm³/mol. The van der Waals surface area contributed by atoms with Crippen molar-refractivity contribution in [1.29, 1.82) is 0 Å². The van der Waals surface area contributed by atoms with Gasteiger partial charge in [0.05, 0.1) is 12.2 Å². The highest BCUT2D eigenvalue weighted by Crippen LogP contribution is 2.33. The molecule has 1 atom stereocenters. The first kappa shape index (κ1) is 16.5. The van der Waals surface area contributed by atoms with Crippen LogP contribution < -0.4 is 0 Å². The lowest BCUT2D eigenvalue weighted by molar-refractivity contribution is -0.208. The molecule has 124 valence electrons. The third kappa shape index (κ3) is 3.26. The Kier molecular flexibility index (Phi) is 4.81. The van der Waals surface area contributed by atoms with E-state index in [2.05, 4.69) is 4.98 Å². The number of hydrogen-bond donors (Lipinski definition) is 3. The smallest absolute Gasteiger partial charge is 0.170 e. The Morgan fingerprint density at radius 2 is 1.54 bits per heavy atom. The minimum atomic E-state index is -1.11. The van der Waals surface area contributed by atoms with Gasteiger partial charge in [-0.25, -0.2) is 0 Å². The van der Waals surface area contributed by atoms with Crippen molar-refractivity contribution < 1.29 is 10.3 Å². The summed E-state index contributed by atoms with van der Waals surface area (Å²) in [6, 6.07) is 19.6. The fourth-order valence-electron chi connectivity index (χ4n) is 3.08. The van der Waals surface area contributed by atoms with Gasteiger partial charge in [0.2, 0.25) is 0 Å². The lowest BCUT2D eigenvalue weighted by Crippen LogP contribution is -2.25. The van der Waals surface area contributed by atoms with Crippen LogP contribution in [0.15, 0.2) is 60.7 Å². The lowest BCUT2D eigenvalue weighted by Gasteiger charge is -2.21. The summed E-state index contributed by atoms with van der Waals surface area (Å²) >= 11 is 0. The number of aliphatic hydroxyl groups excluding tert-OH is 1. The molecule has 0 saturated carbocycles. The Bertz CT molecular complexity index is 797. The topological polar surface area (TPSA) is 59.5 Å². The maximum Gasteiger partial charge on any atom is 0.170 e. The summed E-state index contributed by atoms with van der Waals surface area (Å²) in [6.07, 6.45) is -1.11. The van der Waals surface area contributed by atoms with Crippen LogP contribution in [0.4, 0.5) is 0 Å². The molecule has 1 aromatic heterocycles. The SMILES string of the molecule is Cc1[nH]c(C(O)N(O)Cc2ccccc2)c(C)c1-c1ccccc1. The van der Waals surface area contributed by atoms with E-state index in [0.29, 0.717) is 5.69 Å². The zero-order valence-corrected chi connectivity index (χ0v) is 13.9. The van der Waals surface area contributed by atoms with Crippen molar-refractivity contribution >= 4 is 0 Å². The van der Waals surface area contributed by atoms with Crippen molar-refractivity contribution in [3.63, 3.8) is 0 Å². The molecule has 0 amide bonds. The zero-order chi connectivity index (χ0) is 17.1. The Labute approximate surface area is 142 Å². The molecule has 0 aliphatic heterocycles. The maximum absolute atomic E-state index is 10.6. The van der Waals surface area contributed by atoms with Crippen molar-refractivity contribution in [3.8, 4) is 11.1 Å². The first-order chi connectivity index (χ1) is 11.6. The molecule has 3 aromatic rings. The van der Waals surface area contributed by atoms with E-state index in [-0.39, 0.29) is 6.54 Å². The van der Waals surface area contributed by atoms with Crippen LogP contribution in [0.3, 0.4) is 0 Å². The number of H-pyrrole nitrogens is 1. The summed E-state index contributed by atoms with van der Waals surface area (Å²) in [7, 11) is 0. The van der Waals surface area contributed by atoms with Crippen molar-refractivity contribution in [2.24, 2.45) is 0 Å². The van der Waals surface area contributed by atoms with E-state index in [1.54, 1.807) is 0 Å². The zero-order valence-electron chi connectivity index (χ0n) is 13.9. The fraction of sp³-hybridized carbons (Fsp3) is 0.200. The van der Waals surface area contributed by atoms with Crippen LogP contribution >= 0.6 is 0 Å². The van der Waals surface area contributed by atoms with E-state index in [1.165, 1.54) is 0 Å². The molecular formula is C20H22N2O2. The first-order valence-electron chi connectivity index (χ1n) is 8.00. The molecule has 0 fully saturated rings. The summed E-state index contributed by atoms with van der Waals surface area (Å²) in [4.78, 5) is 3.23. The summed E-state index contributed by atoms with van der Waals surface area (Å²) in [6.45, 7) is 4.19. The van der Waals surface area contributed by atoms with Gasteiger partial charge in [0, 0.05) is 11.3 Å². The molecule has 2 aromatic carbocycles. The molecule has 0 aliphatic rings. The van der Waals surface area contributed by atoms with Crippen molar-refractivity contribution in [2.45, 2.75) is 26.6 Å². The van der Waals surface area contributed by atoms with E-state index in [9.17, 15) is 10.3 Å². The quantitative estimate of drug-likeness (QED) is 0.488. The number of aromatic amines is 1. The standard InChI is InChI=1S/C20H22N2O2/c1-14-18(17-11-7-4-8-12-17)15(2)21-19(14)20(23)22(24)13-16-9-5-3-6-10-16/h3-12,20-21,23-24H,13H2,1-2H3. The van der Waals surface area contributed by atoms with Gasteiger partial charge < -0.3 is 15.3 Å². The molecule has 24 heavy (non-hydrogen) atoms. The molecule has 0 bridgehead atoms. The molecule has 3 N–H and O–H groups in total. The van der Waals surface area contributed by atoms with E-state index >= 15 is 0 Å². The predicted octanol–water partition coefficient (Wildman–Crippen LogP) is 4.18. The number of aromatic nitrogens is 1. The average molecular weight is 322 g/mol. The molecule has 0 aliphatic carbocycles. The normalized spacial score (nSPS) is 12.5. The molecule has 0 spiro atoms. The minimum absolute atomic E-state index is 0.250. The van der Waals surface area contributed by atoms with E-state index in [4.69, 9.17) is 0 Å². The molecule has 1 heterocycles. The van der Waals surface area contributed by atoms with E-state index in [0.717, 1.165) is 33.0 Å². The highest BCUT2D eigenvalue weighted by Gasteiger charge is 2.23.